The first-order valence-electron chi connectivity index (χ1n) is 14.0. The van der Waals surface area contributed by atoms with Crippen molar-refractivity contribution in [3.63, 3.8) is 0 Å². The van der Waals surface area contributed by atoms with Crippen molar-refractivity contribution in [1.82, 2.24) is 15.3 Å². The lowest BCUT2D eigenvalue weighted by molar-refractivity contribution is -0.119. The number of carbonyl (C=O) groups excluding carboxylic acids is 1. The molecule has 3 saturated heterocycles. The molecule has 1 aliphatic carbocycles. The van der Waals surface area contributed by atoms with Crippen molar-refractivity contribution in [3.8, 4) is 0 Å². The Balaban J connectivity index is 1.20. The zero-order chi connectivity index (χ0) is 26.8. The SMILES string of the molecule is O=C1CC2(CCCN(c3nc(N4CCC5(CC4)Cc4ccccc4C5)nc4cc(F)c(F)c(F)c34)CC2)CN1. The molecule has 2 spiro atoms. The third-order valence-electron chi connectivity index (χ3n) is 9.69. The fourth-order valence-electron chi connectivity index (χ4n) is 7.42. The molecule has 1 N–H and O–H groups in total. The molecule has 6 nitrogen and oxygen atoms in total. The van der Waals surface area contributed by atoms with Crippen molar-refractivity contribution in [2.45, 2.75) is 51.4 Å². The standard InChI is InChI=1S/C30H32F3N5O/c31-21-14-22-24(26(33)25(21)32)27(37-10-3-6-30(9-11-37)17-23(39)34-18-30)36-28(35-22)38-12-7-29(8-13-38)15-19-4-1-2-5-20(19)16-29/h1-2,4-5,14H,3,6-13,15-18H2,(H,34,39). The number of halogens is 3. The van der Waals surface area contributed by atoms with Gasteiger partial charge in [0.25, 0.3) is 0 Å². The van der Waals surface area contributed by atoms with E-state index in [0.29, 0.717) is 37.8 Å². The Morgan fingerprint density at radius 1 is 0.795 bits per heavy atom. The second-order valence-corrected chi connectivity index (χ2v) is 12.1. The third-order valence-corrected chi connectivity index (χ3v) is 9.69. The molecule has 2 aromatic carbocycles. The predicted octanol–water partition coefficient (Wildman–Crippen LogP) is 4.93. The highest BCUT2D eigenvalue weighted by Gasteiger charge is 2.42. The number of hydrogen-bond donors (Lipinski definition) is 1. The highest BCUT2D eigenvalue weighted by molar-refractivity contribution is 5.91. The average molecular weight is 536 g/mol. The van der Waals surface area contributed by atoms with Gasteiger partial charge in [0, 0.05) is 45.2 Å². The monoisotopic (exact) mass is 535 g/mol. The average Bonchev–Trinajstić information content (AvgIpc) is 3.40. The molecule has 1 amide bonds. The van der Waals surface area contributed by atoms with Crippen LogP contribution in [0.3, 0.4) is 0 Å². The highest BCUT2D eigenvalue weighted by atomic mass is 19.2. The number of aromatic nitrogens is 2. The van der Waals surface area contributed by atoms with Gasteiger partial charge in [-0.15, -0.1) is 0 Å². The maximum Gasteiger partial charge on any atom is 0.227 e. The van der Waals surface area contributed by atoms with Gasteiger partial charge >= 0.3 is 0 Å². The van der Waals surface area contributed by atoms with Gasteiger partial charge in [0.05, 0.1) is 10.9 Å². The topological polar surface area (TPSA) is 61.4 Å². The number of fused-ring (bicyclic) bond motifs is 2. The van der Waals surface area contributed by atoms with Gasteiger partial charge in [-0.1, -0.05) is 24.3 Å². The first kappa shape index (κ1) is 24.7. The number of piperidine rings is 1. The van der Waals surface area contributed by atoms with Crippen LogP contribution < -0.4 is 15.1 Å². The van der Waals surface area contributed by atoms with Crippen LogP contribution in [0, 0.1) is 28.3 Å². The van der Waals surface area contributed by atoms with Crippen LogP contribution in [-0.2, 0) is 17.6 Å². The summed E-state index contributed by atoms with van der Waals surface area (Å²) in [4.78, 5) is 25.4. The van der Waals surface area contributed by atoms with Crippen molar-refractivity contribution in [2.75, 3.05) is 42.5 Å². The van der Waals surface area contributed by atoms with Crippen molar-refractivity contribution in [1.29, 1.82) is 0 Å². The normalized spacial score (nSPS) is 24.4. The van der Waals surface area contributed by atoms with E-state index in [-0.39, 0.29) is 27.6 Å². The molecule has 4 aliphatic rings. The van der Waals surface area contributed by atoms with Gasteiger partial charge in [0.15, 0.2) is 17.5 Å². The first-order valence-corrected chi connectivity index (χ1v) is 14.0. The maximum absolute atomic E-state index is 15.2. The molecule has 39 heavy (non-hydrogen) atoms. The van der Waals surface area contributed by atoms with Crippen molar-refractivity contribution in [3.05, 3.63) is 58.9 Å². The van der Waals surface area contributed by atoms with Crippen LogP contribution in [0.5, 0.6) is 0 Å². The number of anilines is 2. The summed E-state index contributed by atoms with van der Waals surface area (Å²) in [7, 11) is 0. The van der Waals surface area contributed by atoms with Gasteiger partial charge in [-0.2, -0.15) is 4.98 Å². The molecule has 1 unspecified atom stereocenters. The van der Waals surface area contributed by atoms with Crippen LogP contribution in [0.15, 0.2) is 30.3 Å². The number of amides is 1. The minimum Gasteiger partial charge on any atom is -0.356 e. The molecule has 4 heterocycles. The molecule has 1 aromatic heterocycles. The van der Waals surface area contributed by atoms with Crippen LogP contribution in [0.2, 0.25) is 0 Å². The molecule has 1 atom stereocenters. The molecule has 3 fully saturated rings. The largest absolute Gasteiger partial charge is 0.356 e. The molecule has 9 heteroatoms. The summed E-state index contributed by atoms with van der Waals surface area (Å²) >= 11 is 0. The number of nitrogens with zero attached hydrogens (tertiary/aromatic N) is 4. The zero-order valence-electron chi connectivity index (χ0n) is 21.9. The number of hydrogen-bond acceptors (Lipinski definition) is 5. The van der Waals surface area contributed by atoms with Crippen LogP contribution in [-0.4, -0.2) is 48.6 Å². The van der Waals surface area contributed by atoms with Gasteiger partial charge in [-0.05, 0) is 66.9 Å². The Hall–Kier alpha value is -3.36. The summed E-state index contributed by atoms with van der Waals surface area (Å²) in [5.41, 5.74) is 3.06. The van der Waals surface area contributed by atoms with E-state index in [1.165, 1.54) is 11.1 Å². The smallest absolute Gasteiger partial charge is 0.227 e. The lowest BCUT2D eigenvalue weighted by Gasteiger charge is -2.39. The van der Waals surface area contributed by atoms with E-state index in [0.717, 1.165) is 64.1 Å². The fourth-order valence-corrected chi connectivity index (χ4v) is 7.42. The van der Waals surface area contributed by atoms with E-state index in [4.69, 9.17) is 4.98 Å². The van der Waals surface area contributed by atoms with Gasteiger partial charge in [0.1, 0.15) is 5.82 Å². The number of nitrogens with one attached hydrogen (secondary N) is 1. The van der Waals surface area contributed by atoms with E-state index in [1.54, 1.807) is 0 Å². The molecule has 0 saturated carbocycles. The molecule has 3 aromatic rings. The minimum absolute atomic E-state index is 0.0649. The Labute approximate surface area is 225 Å². The summed E-state index contributed by atoms with van der Waals surface area (Å²) in [6.45, 7) is 3.30. The van der Waals surface area contributed by atoms with E-state index in [2.05, 4.69) is 39.5 Å². The van der Waals surface area contributed by atoms with Gasteiger partial charge in [0.2, 0.25) is 11.9 Å². The Kier molecular flexibility index (Phi) is 5.75. The quantitative estimate of drug-likeness (QED) is 0.472. The van der Waals surface area contributed by atoms with Gasteiger partial charge < -0.3 is 15.1 Å². The Bertz CT molecular complexity index is 1440. The van der Waals surface area contributed by atoms with Crippen LogP contribution in [0.25, 0.3) is 10.9 Å². The van der Waals surface area contributed by atoms with Crippen molar-refractivity contribution < 1.29 is 18.0 Å². The number of rotatable bonds is 2. The van der Waals surface area contributed by atoms with Crippen LogP contribution in [0.4, 0.5) is 24.9 Å². The summed E-state index contributed by atoms with van der Waals surface area (Å²) in [5.74, 6) is -3.18. The number of benzene rings is 2. The van der Waals surface area contributed by atoms with Gasteiger partial charge in [-0.3, -0.25) is 4.79 Å². The molecule has 3 aliphatic heterocycles. The first-order chi connectivity index (χ1) is 18.8. The van der Waals surface area contributed by atoms with Crippen molar-refractivity contribution in [2.24, 2.45) is 10.8 Å². The molecule has 7 rings (SSSR count). The highest BCUT2D eigenvalue weighted by Crippen LogP contribution is 2.45. The van der Waals surface area contributed by atoms with Crippen LogP contribution >= 0.6 is 0 Å². The summed E-state index contributed by atoms with van der Waals surface area (Å²) in [6.07, 6.45) is 7.02. The zero-order valence-corrected chi connectivity index (χ0v) is 21.9. The van der Waals surface area contributed by atoms with Crippen molar-refractivity contribution >= 4 is 28.6 Å². The van der Waals surface area contributed by atoms with E-state index < -0.39 is 17.5 Å². The lowest BCUT2D eigenvalue weighted by Crippen LogP contribution is -2.41. The Morgan fingerprint density at radius 3 is 2.18 bits per heavy atom. The van der Waals surface area contributed by atoms with E-state index in [9.17, 15) is 13.6 Å². The fraction of sp³-hybridized carbons (Fsp3) is 0.500. The maximum atomic E-state index is 15.2. The second-order valence-electron chi connectivity index (χ2n) is 12.1. The minimum atomic E-state index is -1.50. The van der Waals surface area contributed by atoms with E-state index in [1.807, 2.05) is 4.90 Å². The molecule has 204 valence electrons. The molecular formula is C30H32F3N5O. The molecule has 0 radical (unpaired) electrons. The van der Waals surface area contributed by atoms with Crippen LogP contribution in [0.1, 0.15) is 49.7 Å². The Morgan fingerprint density at radius 2 is 1.49 bits per heavy atom. The predicted molar refractivity (Wildman–Crippen MR) is 143 cm³/mol. The third kappa shape index (κ3) is 4.21. The lowest BCUT2D eigenvalue weighted by atomic mass is 9.76. The second kappa shape index (κ2) is 9.10. The summed E-state index contributed by atoms with van der Waals surface area (Å²) in [6, 6.07) is 9.63. The van der Waals surface area contributed by atoms with E-state index >= 15 is 4.39 Å². The molecular weight excluding hydrogens is 503 g/mol. The molecule has 0 bridgehead atoms. The number of carbonyl (C=O) groups is 1. The summed E-state index contributed by atoms with van der Waals surface area (Å²) in [5, 5.41) is 2.88. The summed E-state index contributed by atoms with van der Waals surface area (Å²) < 4.78 is 44.0. The van der Waals surface area contributed by atoms with Gasteiger partial charge in [-0.25, -0.2) is 18.2 Å².